The maximum absolute atomic E-state index is 13.1. The number of aromatic nitrogens is 1. The molecule has 0 saturated carbocycles. The lowest BCUT2D eigenvalue weighted by molar-refractivity contribution is 0.560. The molecule has 0 aliphatic carbocycles. The number of halogens is 1. The molecule has 0 amide bonds. The van der Waals surface area contributed by atoms with E-state index >= 15 is 0 Å². The molecule has 0 spiro atoms. The van der Waals surface area contributed by atoms with Gasteiger partial charge in [-0.25, -0.2) is 4.39 Å². The number of fused-ring (bicyclic) bond motifs is 1. The van der Waals surface area contributed by atoms with Crippen molar-refractivity contribution < 1.29 is 8.81 Å². The summed E-state index contributed by atoms with van der Waals surface area (Å²) in [7, 11) is 0. The van der Waals surface area contributed by atoms with Crippen molar-refractivity contribution in [1.82, 2.24) is 4.98 Å². The zero-order valence-corrected chi connectivity index (χ0v) is 12.9. The molecule has 0 saturated heterocycles. The zero-order valence-electron chi connectivity index (χ0n) is 12.9. The highest BCUT2D eigenvalue weighted by molar-refractivity contribution is 5.69. The maximum Gasteiger partial charge on any atom is 0.239 e. The van der Waals surface area contributed by atoms with Gasteiger partial charge in [-0.3, -0.25) is 0 Å². The number of para-hydroxylation sites is 1. The second kappa shape index (κ2) is 5.82. The Kier molecular flexibility index (Phi) is 3.51. The molecule has 24 heavy (non-hydrogen) atoms. The molecule has 0 radical (unpaired) electrons. The summed E-state index contributed by atoms with van der Waals surface area (Å²) in [6.07, 6.45) is 1.99. The minimum atomic E-state index is -0.323. The van der Waals surface area contributed by atoms with E-state index in [4.69, 9.17) is 4.42 Å². The maximum atomic E-state index is 13.1. The fourth-order valence-corrected chi connectivity index (χ4v) is 3.03. The Morgan fingerprint density at radius 3 is 2.71 bits per heavy atom. The number of benzene rings is 2. The van der Waals surface area contributed by atoms with Gasteiger partial charge >= 0.3 is 0 Å². The second-order valence-corrected chi connectivity index (χ2v) is 5.68. The molecule has 0 atom stereocenters. The normalized spacial score (nSPS) is 13.4. The lowest BCUT2D eigenvalue weighted by Gasteiger charge is -2.28. The Morgan fingerprint density at radius 1 is 1.12 bits per heavy atom. The van der Waals surface area contributed by atoms with Crippen LogP contribution >= 0.6 is 0 Å². The van der Waals surface area contributed by atoms with Gasteiger partial charge < -0.3 is 9.32 Å². The molecule has 5 heteroatoms. The van der Waals surface area contributed by atoms with Crippen LogP contribution in [0.25, 0.3) is 11.5 Å². The highest BCUT2D eigenvalue weighted by Crippen LogP contribution is 2.37. The molecule has 3 aromatic rings. The summed E-state index contributed by atoms with van der Waals surface area (Å²) >= 11 is 0. The smallest absolute Gasteiger partial charge is 0.239 e. The highest BCUT2D eigenvalue weighted by atomic mass is 19.1. The predicted molar refractivity (Wildman–Crippen MR) is 88.4 cm³/mol. The molecular weight excluding hydrogens is 305 g/mol. The van der Waals surface area contributed by atoms with Crippen molar-refractivity contribution in [2.45, 2.75) is 12.8 Å². The van der Waals surface area contributed by atoms with E-state index in [1.54, 1.807) is 12.1 Å². The number of aryl methyl sites for hydroxylation is 1. The van der Waals surface area contributed by atoms with E-state index in [2.05, 4.69) is 17.1 Å². The summed E-state index contributed by atoms with van der Waals surface area (Å²) in [5.74, 6) is 0.449. The molecule has 0 fully saturated rings. The summed E-state index contributed by atoms with van der Waals surface area (Å²) in [5.41, 5.74) is 3.16. The third-order valence-electron chi connectivity index (χ3n) is 4.16. The van der Waals surface area contributed by atoms with Crippen LogP contribution in [0.4, 0.5) is 16.0 Å². The minimum absolute atomic E-state index is 0.242. The van der Waals surface area contributed by atoms with E-state index in [0.717, 1.165) is 25.1 Å². The van der Waals surface area contributed by atoms with Crippen LogP contribution in [0, 0.1) is 17.1 Å². The van der Waals surface area contributed by atoms with Crippen molar-refractivity contribution in [3.63, 3.8) is 0 Å². The summed E-state index contributed by atoms with van der Waals surface area (Å²) in [6.45, 7) is 0.768. The van der Waals surface area contributed by atoms with E-state index < -0.39 is 0 Å². The zero-order chi connectivity index (χ0) is 16.5. The highest BCUT2D eigenvalue weighted by Gasteiger charge is 2.25. The van der Waals surface area contributed by atoms with Crippen molar-refractivity contribution in [2.75, 3.05) is 11.4 Å². The third kappa shape index (κ3) is 2.42. The summed E-state index contributed by atoms with van der Waals surface area (Å²) < 4.78 is 19.0. The molecule has 4 rings (SSSR count). The van der Waals surface area contributed by atoms with Crippen LogP contribution in [0.1, 0.15) is 17.7 Å². The van der Waals surface area contributed by atoms with Crippen LogP contribution in [0.15, 0.2) is 52.9 Å². The second-order valence-electron chi connectivity index (χ2n) is 5.68. The van der Waals surface area contributed by atoms with Crippen molar-refractivity contribution in [3.8, 4) is 17.5 Å². The number of hydrogen-bond donors (Lipinski definition) is 0. The lowest BCUT2D eigenvalue weighted by Crippen LogP contribution is -2.24. The Bertz CT molecular complexity index is 925. The average molecular weight is 319 g/mol. The van der Waals surface area contributed by atoms with Gasteiger partial charge in [0.1, 0.15) is 11.9 Å². The van der Waals surface area contributed by atoms with Crippen LogP contribution < -0.4 is 4.90 Å². The summed E-state index contributed by atoms with van der Waals surface area (Å²) in [4.78, 5) is 6.28. The third-order valence-corrected chi connectivity index (χ3v) is 4.16. The SMILES string of the molecule is N#Cc1nc(-c2ccc(F)cc2)oc1N1CCCc2ccccc21. The molecule has 2 heterocycles. The van der Waals surface area contributed by atoms with Crippen molar-refractivity contribution >= 4 is 11.6 Å². The van der Waals surface area contributed by atoms with Crippen LogP contribution in [0.5, 0.6) is 0 Å². The lowest BCUT2D eigenvalue weighted by atomic mass is 10.0. The molecule has 0 bridgehead atoms. The van der Waals surface area contributed by atoms with E-state index in [0.29, 0.717) is 17.3 Å². The largest absolute Gasteiger partial charge is 0.419 e. The Hall–Kier alpha value is -3.13. The van der Waals surface area contributed by atoms with Crippen LogP contribution in [0.3, 0.4) is 0 Å². The first-order chi connectivity index (χ1) is 11.8. The summed E-state index contributed by atoms with van der Waals surface area (Å²) in [6, 6.07) is 16.1. The topological polar surface area (TPSA) is 53.1 Å². The van der Waals surface area contributed by atoms with Gasteiger partial charge in [-0.2, -0.15) is 10.2 Å². The first-order valence-corrected chi connectivity index (χ1v) is 7.78. The van der Waals surface area contributed by atoms with Gasteiger partial charge in [-0.1, -0.05) is 18.2 Å². The van der Waals surface area contributed by atoms with Gasteiger partial charge in [0.05, 0.1) is 0 Å². The number of nitriles is 1. The molecule has 2 aromatic carbocycles. The van der Waals surface area contributed by atoms with Crippen molar-refractivity contribution in [2.24, 2.45) is 0 Å². The number of hydrogen-bond acceptors (Lipinski definition) is 4. The van der Waals surface area contributed by atoms with Crippen LogP contribution in [0.2, 0.25) is 0 Å². The van der Waals surface area contributed by atoms with E-state index in [-0.39, 0.29) is 11.5 Å². The van der Waals surface area contributed by atoms with Crippen molar-refractivity contribution in [3.05, 3.63) is 65.6 Å². The van der Waals surface area contributed by atoms with Crippen LogP contribution in [-0.2, 0) is 6.42 Å². The fraction of sp³-hybridized carbons (Fsp3) is 0.158. The number of nitrogens with zero attached hydrogens (tertiary/aromatic N) is 3. The minimum Gasteiger partial charge on any atom is -0.419 e. The molecule has 0 unspecified atom stereocenters. The van der Waals surface area contributed by atoms with Gasteiger partial charge in [0.2, 0.25) is 17.5 Å². The molecule has 1 aromatic heterocycles. The predicted octanol–water partition coefficient (Wildman–Crippen LogP) is 4.44. The number of oxazole rings is 1. The van der Waals surface area contributed by atoms with Crippen molar-refractivity contribution in [1.29, 1.82) is 5.26 Å². The molecule has 1 aliphatic rings. The molecule has 1 aliphatic heterocycles. The first-order valence-electron chi connectivity index (χ1n) is 7.78. The van der Waals surface area contributed by atoms with Gasteiger partial charge in [0.25, 0.3) is 0 Å². The summed E-state index contributed by atoms with van der Waals surface area (Å²) in [5, 5.41) is 9.44. The average Bonchev–Trinajstić information content (AvgIpc) is 3.06. The molecule has 118 valence electrons. The number of rotatable bonds is 2. The first kappa shape index (κ1) is 14.5. The van der Waals surface area contributed by atoms with Crippen LogP contribution in [-0.4, -0.2) is 11.5 Å². The van der Waals surface area contributed by atoms with Gasteiger partial charge in [0.15, 0.2) is 0 Å². The van der Waals surface area contributed by atoms with Gasteiger partial charge in [-0.15, -0.1) is 0 Å². The van der Waals surface area contributed by atoms with E-state index in [1.807, 2.05) is 23.1 Å². The van der Waals surface area contributed by atoms with E-state index in [9.17, 15) is 9.65 Å². The standard InChI is InChI=1S/C19H14FN3O/c20-15-9-7-14(8-10-15)18-22-16(12-21)19(24-18)23-11-3-5-13-4-1-2-6-17(13)23/h1-2,4,6-10H,3,5,11H2. The quantitative estimate of drug-likeness (QED) is 0.701. The van der Waals surface area contributed by atoms with E-state index in [1.165, 1.54) is 17.7 Å². The molecule has 0 N–H and O–H groups in total. The fourth-order valence-electron chi connectivity index (χ4n) is 3.03. The van der Waals surface area contributed by atoms with Gasteiger partial charge in [0, 0.05) is 17.8 Å². The number of anilines is 2. The molecular formula is C19H14FN3O. The Balaban J connectivity index is 1.80. The monoisotopic (exact) mass is 319 g/mol. The van der Waals surface area contributed by atoms with Gasteiger partial charge in [-0.05, 0) is 48.7 Å². The Morgan fingerprint density at radius 2 is 1.92 bits per heavy atom. The molecule has 4 nitrogen and oxygen atoms in total. The Labute approximate surface area is 138 Å².